The summed E-state index contributed by atoms with van der Waals surface area (Å²) in [6.45, 7) is 4.49. The van der Waals surface area contributed by atoms with Crippen molar-refractivity contribution in [2.45, 2.75) is 46.0 Å². The molecule has 0 fully saturated rings. The number of carbonyl (C=O) groups is 1. The van der Waals surface area contributed by atoms with Crippen LogP contribution in [0, 0.1) is 5.92 Å². The lowest BCUT2D eigenvalue weighted by atomic mass is 10.1. The molecule has 0 amide bonds. The van der Waals surface area contributed by atoms with Gasteiger partial charge in [-0.05, 0) is 25.2 Å². The number of allylic oxidation sites excluding steroid dienone is 3. The van der Waals surface area contributed by atoms with Gasteiger partial charge in [-0.15, -0.1) is 0 Å². The highest BCUT2D eigenvalue weighted by Gasteiger charge is 1.91. The summed E-state index contributed by atoms with van der Waals surface area (Å²) in [6, 6.07) is 0. The van der Waals surface area contributed by atoms with Gasteiger partial charge in [-0.1, -0.05) is 44.9 Å². The number of hydrogen-bond donors (Lipinski definition) is 1. The first-order valence-corrected chi connectivity index (χ1v) is 5.67. The standard InChI is InChI=1S/C13H22O2/c1-12(2)10-8-6-4-3-5-7-9-11-13(14)15/h3,5,9,11-12H,4,6-8,10H2,1-2H3,(H,14,15). The van der Waals surface area contributed by atoms with E-state index in [9.17, 15) is 4.79 Å². The minimum atomic E-state index is -0.875. The molecule has 2 nitrogen and oxygen atoms in total. The summed E-state index contributed by atoms with van der Waals surface area (Å²) in [5.41, 5.74) is 0. The van der Waals surface area contributed by atoms with Crippen LogP contribution in [0.4, 0.5) is 0 Å². The predicted octanol–water partition coefficient (Wildman–Crippen LogP) is 3.79. The molecule has 0 aromatic heterocycles. The van der Waals surface area contributed by atoms with Crippen LogP contribution in [0.5, 0.6) is 0 Å². The van der Waals surface area contributed by atoms with E-state index in [4.69, 9.17) is 5.11 Å². The van der Waals surface area contributed by atoms with E-state index in [2.05, 4.69) is 19.9 Å². The molecule has 0 aliphatic rings. The number of hydrogen-bond acceptors (Lipinski definition) is 1. The molecule has 0 heterocycles. The van der Waals surface area contributed by atoms with E-state index in [1.165, 1.54) is 25.3 Å². The molecule has 0 rings (SSSR count). The Kier molecular flexibility index (Phi) is 8.84. The normalized spacial score (nSPS) is 11.9. The van der Waals surface area contributed by atoms with Crippen molar-refractivity contribution in [2.75, 3.05) is 0 Å². The molecule has 2 heteroatoms. The van der Waals surface area contributed by atoms with Crippen LogP contribution in [0.3, 0.4) is 0 Å². The van der Waals surface area contributed by atoms with Crippen LogP contribution in [0.1, 0.15) is 46.0 Å². The first-order chi connectivity index (χ1) is 7.13. The summed E-state index contributed by atoms with van der Waals surface area (Å²) in [4.78, 5) is 10.1. The van der Waals surface area contributed by atoms with E-state index in [1.807, 2.05) is 6.08 Å². The molecule has 0 saturated heterocycles. The van der Waals surface area contributed by atoms with Crippen LogP contribution in [-0.4, -0.2) is 11.1 Å². The third-order valence-corrected chi connectivity index (χ3v) is 2.10. The zero-order valence-corrected chi connectivity index (χ0v) is 9.78. The fourth-order valence-corrected chi connectivity index (χ4v) is 1.28. The molecule has 0 aromatic carbocycles. The second-order valence-electron chi connectivity index (χ2n) is 4.13. The molecule has 0 unspecified atom stereocenters. The summed E-state index contributed by atoms with van der Waals surface area (Å²) in [5, 5.41) is 8.33. The molecule has 0 aliphatic carbocycles. The summed E-state index contributed by atoms with van der Waals surface area (Å²) in [7, 11) is 0. The quantitative estimate of drug-likeness (QED) is 0.376. The molecule has 0 atom stereocenters. The van der Waals surface area contributed by atoms with E-state index in [-0.39, 0.29) is 0 Å². The number of aliphatic carboxylic acids is 1. The van der Waals surface area contributed by atoms with Gasteiger partial charge in [0.15, 0.2) is 0 Å². The molecule has 86 valence electrons. The van der Waals surface area contributed by atoms with Crippen LogP contribution in [0.15, 0.2) is 24.3 Å². The van der Waals surface area contributed by atoms with E-state index in [0.717, 1.165) is 18.8 Å². The van der Waals surface area contributed by atoms with Crippen molar-refractivity contribution in [1.29, 1.82) is 0 Å². The average molecular weight is 210 g/mol. The van der Waals surface area contributed by atoms with E-state index in [1.54, 1.807) is 6.08 Å². The van der Waals surface area contributed by atoms with E-state index < -0.39 is 5.97 Å². The third-order valence-electron chi connectivity index (χ3n) is 2.10. The second kappa shape index (κ2) is 9.50. The smallest absolute Gasteiger partial charge is 0.327 e. The van der Waals surface area contributed by atoms with Crippen molar-refractivity contribution >= 4 is 5.97 Å². The predicted molar refractivity (Wildman–Crippen MR) is 63.8 cm³/mol. The SMILES string of the molecule is CC(C)CCCCC=CCC=CC(=O)O. The fraction of sp³-hybridized carbons (Fsp3) is 0.615. The average Bonchev–Trinajstić information content (AvgIpc) is 2.14. The van der Waals surface area contributed by atoms with Crippen LogP contribution in [0.2, 0.25) is 0 Å². The van der Waals surface area contributed by atoms with E-state index in [0.29, 0.717) is 0 Å². The lowest BCUT2D eigenvalue weighted by molar-refractivity contribution is -0.131. The Bertz CT molecular complexity index is 215. The minimum absolute atomic E-state index is 0.719. The monoisotopic (exact) mass is 210 g/mol. The maximum Gasteiger partial charge on any atom is 0.327 e. The summed E-state index contributed by atoms with van der Waals surface area (Å²) in [5.74, 6) is -0.0761. The highest BCUT2D eigenvalue weighted by atomic mass is 16.4. The number of carboxylic acids is 1. The molecule has 0 saturated carbocycles. The largest absolute Gasteiger partial charge is 0.478 e. The van der Waals surface area contributed by atoms with Crippen molar-refractivity contribution in [2.24, 2.45) is 5.92 Å². The van der Waals surface area contributed by atoms with Gasteiger partial charge in [-0.25, -0.2) is 4.79 Å². The number of unbranched alkanes of at least 4 members (excludes halogenated alkanes) is 2. The van der Waals surface area contributed by atoms with Gasteiger partial charge >= 0.3 is 5.97 Å². The Morgan fingerprint density at radius 1 is 1.20 bits per heavy atom. The Labute approximate surface area is 92.7 Å². The van der Waals surface area contributed by atoms with E-state index >= 15 is 0 Å². The van der Waals surface area contributed by atoms with Crippen molar-refractivity contribution in [3.63, 3.8) is 0 Å². The van der Waals surface area contributed by atoms with Crippen LogP contribution in [0.25, 0.3) is 0 Å². The molecule has 0 bridgehead atoms. The van der Waals surface area contributed by atoms with Gasteiger partial charge in [0.25, 0.3) is 0 Å². The highest BCUT2D eigenvalue weighted by molar-refractivity contribution is 5.79. The lowest BCUT2D eigenvalue weighted by Crippen LogP contribution is -1.86. The Morgan fingerprint density at radius 2 is 1.93 bits per heavy atom. The fourth-order valence-electron chi connectivity index (χ4n) is 1.28. The van der Waals surface area contributed by atoms with Gasteiger partial charge in [0.2, 0.25) is 0 Å². The Balaban J connectivity index is 3.28. The summed E-state index contributed by atoms with van der Waals surface area (Å²) < 4.78 is 0. The van der Waals surface area contributed by atoms with Gasteiger partial charge in [-0.2, -0.15) is 0 Å². The Hall–Kier alpha value is -1.05. The van der Waals surface area contributed by atoms with Gasteiger partial charge in [0.1, 0.15) is 0 Å². The zero-order chi connectivity index (χ0) is 11.5. The summed E-state index contributed by atoms with van der Waals surface area (Å²) in [6.07, 6.45) is 12.6. The number of carboxylic acid groups (broad SMARTS) is 1. The van der Waals surface area contributed by atoms with Gasteiger partial charge in [0, 0.05) is 6.08 Å². The summed E-state index contributed by atoms with van der Waals surface area (Å²) >= 11 is 0. The molecule has 0 radical (unpaired) electrons. The van der Waals surface area contributed by atoms with Crippen LogP contribution >= 0.6 is 0 Å². The molecule has 0 aromatic rings. The molecule has 1 N–H and O–H groups in total. The third kappa shape index (κ3) is 12.9. The van der Waals surface area contributed by atoms with Gasteiger partial charge < -0.3 is 5.11 Å². The second-order valence-corrected chi connectivity index (χ2v) is 4.13. The first-order valence-electron chi connectivity index (χ1n) is 5.67. The van der Waals surface area contributed by atoms with Crippen LogP contribution < -0.4 is 0 Å². The molecule has 0 spiro atoms. The maximum absolute atomic E-state index is 10.1. The number of rotatable bonds is 8. The highest BCUT2D eigenvalue weighted by Crippen LogP contribution is 2.08. The van der Waals surface area contributed by atoms with Gasteiger partial charge in [0.05, 0.1) is 0 Å². The van der Waals surface area contributed by atoms with Crippen molar-refractivity contribution < 1.29 is 9.90 Å². The maximum atomic E-state index is 10.1. The first kappa shape index (κ1) is 13.9. The van der Waals surface area contributed by atoms with Gasteiger partial charge in [-0.3, -0.25) is 0 Å². The van der Waals surface area contributed by atoms with Crippen molar-refractivity contribution in [1.82, 2.24) is 0 Å². The van der Waals surface area contributed by atoms with Crippen molar-refractivity contribution in [3.8, 4) is 0 Å². The Morgan fingerprint density at radius 3 is 2.53 bits per heavy atom. The molecule has 0 aliphatic heterocycles. The minimum Gasteiger partial charge on any atom is -0.478 e. The zero-order valence-electron chi connectivity index (χ0n) is 9.78. The molecule has 15 heavy (non-hydrogen) atoms. The lowest BCUT2D eigenvalue weighted by Gasteiger charge is -2.01. The van der Waals surface area contributed by atoms with Crippen molar-refractivity contribution in [3.05, 3.63) is 24.3 Å². The molecular formula is C13H22O2. The van der Waals surface area contributed by atoms with Crippen LogP contribution in [-0.2, 0) is 4.79 Å². The topological polar surface area (TPSA) is 37.3 Å². The molecular weight excluding hydrogens is 188 g/mol.